The standard InChI is InChI=1S/C13H11FN4OS/c14-9-5-1-2-6-10(9)17-13(20)18(15)12(19)11-7-3-4-8-16-11/h1-8H,15H2,(H,17,20). The van der Waals surface area contributed by atoms with Gasteiger partial charge in [0.2, 0.25) is 0 Å². The van der Waals surface area contributed by atoms with Gasteiger partial charge in [0.05, 0.1) is 5.69 Å². The number of thiocarbonyl (C=S) groups is 1. The van der Waals surface area contributed by atoms with E-state index in [0.717, 1.165) is 0 Å². The fourth-order valence-electron chi connectivity index (χ4n) is 1.44. The van der Waals surface area contributed by atoms with Gasteiger partial charge in [0.25, 0.3) is 5.91 Å². The number of hydrazine groups is 1. The molecule has 1 aromatic heterocycles. The fourth-order valence-corrected chi connectivity index (χ4v) is 1.64. The number of benzene rings is 1. The largest absolute Gasteiger partial charge is 0.329 e. The highest BCUT2D eigenvalue weighted by Crippen LogP contribution is 2.13. The number of amides is 1. The number of nitrogens with one attached hydrogen (secondary N) is 1. The molecule has 0 aliphatic rings. The maximum atomic E-state index is 13.5. The molecule has 0 aliphatic carbocycles. The van der Waals surface area contributed by atoms with E-state index in [4.69, 9.17) is 18.1 Å². The van der Waals surface area contributed by atoms with Crippen LogP contribution in [0.1, 0.15) is 10.5 Å². The van der Waals surface area contributed by atoms with E-state index < -0.39 is 11.7 Å². The summed E-state index contributed by atoms with van der Waals surface area (Å²) in [4.78, 5) is 15.9. The molecule has 1 heterocycles. The van der Waals surface area contributed by atoms with E-state index in [1.54, 1.807) is 24.3 Å². The van der Waals surface area contributed by atoms with E-state index >= 15 is 0 Å². The average Bonchev–Trinajstić information content (AvgIpc) is 2.49. The molecule has 0 radical (unpaired) electrons. The second-order valence-corrected chi connectivity index (χ2v) is 4.19. The van der Waals surface area contributed by atoms with Gasteiger partial charge in [-0.1, -0.05) is 18.2 Å². The lowest BCUT2D eigenvalue weighted by Crippen LogP contribution is -2.45. The number of para-hydroxylation sites is 1. The molecule has 0 aliphatic heterocycles. The second-order valence-electron chi connectivity index (χ2n) is 3.80. The van der Waals surface area contributed by atoms with Gasteiger partial charge < -0.3 is 5.32 Å². The number of nitrogens with two attached hydrogens (primary N) is 1. The first-order chi connectivity index (χ1) is 9.59. The van der Waals surface area contributed by atoms with E-state index in [0.29, 0.717) is 5.01 Å². The summed E-state index contributed by atoms with van der Waals surface area (Å²) in [5, 5.41) is 3.16. The smallest absolute Gasteiger partial charge is 0.292 e. The fraction of sp³-hybridized carbons (Fsp3) is 0. The third-order valence-corrected chi connectivity index (χ3v) is 2.74. The van der Waals surface area contributed by atoms with Crippen LogP contribution in [-0.2, 0) is 0 Å². The molecule has 0 saturated heterocycles. The van der Waals surface area contributed by atoms with Crippen molar-refractivity contribution in [1.82, 2.24) is 9.99 Å². The first-order valence-electron chi connectivity index (χ1n) is 5.65. The lowest BCUT2D eigenvalue weighted by Gasteiger charge is -2.18. The number of anilines is 1. The summed E-state index contributed by atoms with van der Waals surface area (Å²) in [5.74, 6) is 4.53. The predicted molar refractivity (Wildman–Crippen MR) is 77.2 cm³/mol. The molecule has 7 heteroatoms. The molecular formula is C13H11FN4OS. The van der Waals surface area contributed by atoms with Gasteiger partial charge in [0, 0.05) is 6.20 Å². The molecule has 3 N–H and O–H groups in total. The van der Waals surface area contributed by atoms with Gasteiger partial charge in [-0.2, -0.15) is 0 Å². The van der Waals surface area contributed by atoms with Crippen molar-refractivity contribution in [1.29, 1.82) is 0 Å². The number of aromatic nitrogens is 1. The summed E-state index contributed by atoms with van der Waals surface area (Å²) in [5.41, 5.74) is 0.287. The Balaban J connectivity index is 2.10. The van der Waals surface area contributed by atoms with E-state index in [1.807, 2.05) is 0 Å². The third-order valence-electron chi connectivity index (χ3n) is 2.44. The van der Waals surface area contributed by atoms with Gasteiger partial charge in [0.15, 0.2) is 5.11 Å². The normalized spacial score (nSPS) is 9.90. The van der Waals surface area contributed by atoms with E-state index in [9.17, 15) is 9.18 Å². The van der Waals surface area contributed by atoms with Crippen LogP contribution in [0.2, 0.25) is 0 Å². The topological polar surface area (TPSA) is 71.2 Å². The van der Waals surface area contributed by atoms with Crippen LogP contribution in [0.25, 0.3) is 0 Å². The molecule has 0 saturated carbocycles. The Kier molecular flexibility index (Phi) is 4.34. The molecule has 1 amide bonds. The first-order valence-corrected chi connectivity index (χ1v) is 6.06. The highest BCUT2D eigenvalue weighted by Gasteiger charge is 2.18. The van der Waals surface area contributed by atoms with Gasteiger partial charge in [-0.3, -0.25) is 9.78 Å². The van der Waals surface area contributed by atoms with Crippen LogP contribution < -0.4 is 11.2 Å². The van der Waals surface area contributed by atoms with Crippen LogP contribution in [0.3, 0.4) is 0 Å². The number of carbonyl (C=O) groups excluding carboxylic acids is 1. The van der Waals surface area contributed by atoms with Gasteiger partial charge in [-0.15, -0.1) is 0 Å². The number of carbonyl (C=O) groups is 1. The summed E-state index contributed by atoms with van der Waals surface area (Å²) in [6.07, 6.45) is 1.47. The molecule has 0 bridgehead atoms. The lowest BCUT2D eigenvalue weighted by molar-refractivity contribution is 0.0844. The molecule has 0 fully saturated rings. The molecule has 1 aromatic carbocycles. The first kappa shape index (κ1) is 14.0. The molecule has 2 rings (SSSR count). The highest BCUT2D eigenvalue weighted by atomic mass is 32.1. The van der Waals surface area contributed by atoms with Gasteiger partial charge >= 0.3 is 0 Å². The van der Waals surface area contributed by atoms with E-state index in [1.165, 1.54) is 24.4 Å². The monoisotopic (exact) mass is 290 g/mol. The molecule has 102 valence electrons. The van der Waals surface area contributed by atoms with Crippen molar-refractivity contribution in [3.05, 3.63) is 60.2 Å². The molecule has 0 spiro atoms. The van der Waals surface area contributed by atoms with Crippen molar-refractivity contribution < 1.29 is 9.18 Å². The number of nitrogens with zero attached hydrogens (tertiary/aromatic N) is 2. The van der Waals surface area contributed by atoms with Crippen molar-refractivity contribution in [2.75, 3.05) is 5.32 Å². The number of rotatable bonds is 2. The number of hydrogen-bond donors (Lipinski definition) is 2. The van der Waals surface area contributed by atoms with Gasteiger partial charge in [-0.25, -0.2) is 15.2 Å². The Labute approximate surface area is 120 Å². The number of halogens is 1. The van der Waals surface area contributed by atoms with Gasteiger partial charge in [0.1, 0.15) is 11.5 Å². The van der Waals surface area contributed by atoms with Crippen molar-refractivity contribution in [3.8, 4) is 0 Å². The van der Waals surface area contributed by atoms with Crippen molar-refractivity contribution >= 4 is 28.9 Å². The van der Waals surface area contributed by atoms with E-state index in [2.05, 4.69) is 10.3 Å². The Morgan fingerprint density at radius 2 is 1.95 bits per heavy atom. The molecule has 0 atom stereocenters. The molecule has 2 aromatic rings. The van der Waals surface area contributed by atoms with Gasteiger partial charge in [-0.05, 0) is 36.5 Å². The van der Waals surface area contributed by atoms with Crippen LogP contribution in [0, 0.1) is 5.82 Å². The predicted octanol–water partition coefficient (Wildman–Crippen LogP) is 1.93. The molecule has 5 nitrogen and oxygen atoms in total. The Morgan fingerprint density at radius 1 is 1.25 bits per heavy atom. The highest BCUT2D eigenvalue weighted by molar-refractivity contribution is 7.80. The Bertz CT molecular complexity index is 635. The lowest BCUT2D eigenvalue weighted by atomic mass is 10.3. The second kappa shape index (κ2) is 6.18. The minimum absolute atomic E-state index is 0.120. The summed E-state index contributed by atoms with van der Waals surface area (Å²) in [6, 6.07) is 10.8. The van der Waals surface area contributed by atoms with Crippen molar-refractivity contribution in [2.45, 2.75) is 0 Å². The summed E-state index contributed by atoms with van der Waals surface area (Å²) < 4.78 is 13.5. The van der Waals surface area contributed by atoms with Crippen LogP contribution in [0.4, 0.5) is 10.1 Å². The summed E-state index contributed by atoms with van der Waals surface area (Å²) >= 11 is 4.97. The maximum Gasteiger partial charge on any atom is 0.292 e. The van der Waals surface area contributed by atoms with E-state index in [-0.39, 0.29) is 16.5 Å². The molecule has 0 unspecified atom stereocenters. The Hall–Kier alpha value is -2.38. The zero-order chi connectivity index (χ0) is 14.5. The molecular weight excluding hydrogens is 279 g/mol. The maximum absolute atomic E-state index is 13.5. The number of hydrogen-bond acceptors (Lipinski definition) is 4. The van der Waals surface area contributed by atoms with Crippen LogP contribution in [0.5, 0.6) is 0 Å². The van der Waals surface area contributed by atoms with Crippen molar-refractivity contribution in [3.63, 3.8) is 0 Å². The van der Waals surface area contributed by atoms with Crippen LogP contribution >= 0.6 is 12.2 Å². The summed E-state index contributed by atoms with van der Waals surface area (Å²) in [7, 11) is 0. The minimum Gasteiger partial charge on any atom is -0.329 e. The minimum atomic E-state index is -0.584. The third kappa shape index (κ3) is 3.14. The number of pyridine rings is 1. The Morgan fingerprint density at radius 3 is 2.60 bits per heavy atom. The van der Waals surface area contributed by atoms with Crippen molar-refractivity contribution in [2.24, 2.45) is 5.84 Å². The summed E-state index contributed by atoms with van der Waals surface area (Å²) in [6.45, 7) is 0. The van der Waals surface area contributed by atoms with Crippen LogP contribution in [0.15, 0.2) is 48.7 Å². The quantitative estimate of drug-likeness (QED) is 0.383. The SMILES string of the molecule is NN(C(=O)c1ccccn1)C(=S)Nc1ccccc1F. The zero-order valence-corrected chi connectivity index (χ0v) is 11.1. The average molecular weight is 290 g/mol. The molecule has 20 heavy (non-hydrogen) atoms. The zero-order valence-electron chi connectivity index (χ0n) is 10.3. The van der Waals surface area contributed by atoms with Crippen LogP contribution in [-0.4, -0.2) is 21.0 Å².